The number of imide groups is 1. The van der Waals surface area contributed by atoms with Crippen molar-refractivity contribution in [1.29, 1.82) is 0 Å². The minimum Gasteiger partial charge on any atom is -0.344 e. The van der Waals surface area contributed by atoms with Crippen LogP contribution in [0.1, 0.15) is 45.6 Å². The molecule has 2 fully saturated rings. The van der Waals surface area contributed by atoms with Gasteiger partial charge in [0.15, 0.2) is 0 Å². The Balaban J connectivity index is 1.58. The molecule has 0 bridgehead atoms. The van der Waals surface area contributed by atoms with E-state index < -0.39 is 17.5 Å². The Morgan fingerprint density at radius 3 is 2.64 bits per heavy atom. The molecule has 1 heterocycles. The first-order valence-corrected chi connectivity index (χ1v) is 9.66. The van der Waals surface area contributed by atoms with E-state index in [1.165, 1.54) is 0 Å². The van der Waals surface area contributed by atoms with Gasteiger partial charge in [0.05, 0.1) is 6.54 Å². The summed E-state index contributed by atoms with van der Waals surface area (Å²) in [7, 11) is 0. The van der Waals surface area contributed by atoms with E-state index in [2.05, 4.69) is 43.2 Å². The van der Waals surface area contributed by atoms with Crippen LogP contribution in [0.25, 0.3) is 0 Å². The number of hydrogen-bond acceptors (Lipinski definition) is 3. The first-order chi connectivity index (χ1) is 13.2. The topological polar surface area (TPSA) is 78.5 Å². The van der Waals surface area contributed by atoms with E-state index in [1.54, 1.807) is 0 Å². The number of carbonyl (C=O) groups excluding carboxylic acids is 3. The Hall–Kier alpha value is -2.81. The molecule has 2 aliphatic rings. The van der Waals surface area contributed by atoms with Gasteiger partial charge in [-0.2, -0.15) is 0 Å². The summed E-state index contributed by atoms with van der Waals surface area (Å²) in [6.07, 6.45) is 2.22. The lowest BCUT2D eigenvalue weighted by Crippen LogP contribution is -2.54. The molecule has 4 amide bonds. The highest BCUT2D eigenvalue weighted by Crippen LogP contribution is 2.46. The van der Waals surface area contributed by atoms with Gasteiger partial charge >= 0.3 is 6.03 Å². The minimum absolute atomic E-state index is 0.0358. The molecule has 28 heavy (non-hydrogen) atoms. The Morgan fingerprint density at radius 2 is 1.96 bits per heavy atom. The second kappa shape index (κ2) is 7.67. The van der Waals surface area contributed by atoms with E-state index in [-0.39, 0.29) is 24.4 Å². The molecule has 1 aliphatic heterocycles. The van der Waals surface area contributed by atoms with E-state index in [1.807, 2.05) is 30.3 Å². The maximum absolute atomic E-state index is 13.0. The van der Waals surface area contributed by atoms with Crippen LogP contribution >= 0.6 is 0 Å². The smallest absolute Gasteiger partial charge is 0.325 e. The number of urea groups is 1. The predicted molar refractivity (Wildman–Crippen MR) is 106 cm³/mol. The lowest BCUT2D eigenvalue weighted by Gasteiger charge is -2.43. The van der Waals surface area contributed by atoms with Gasteiger partial charge in [0, 0.05) is 5.56 Å². The van der Waals surface area contributed by atoms with Crippen molar-refractivity contribution >= 4 is 17.8 Å². The van der Waals surface area contributed by atoms with Gasteiger partial charge in [0.1, 0.15) is 12.1 Å². The van der Waals surface area contributed by atoms with Gasteiger partial charge in [0.25, 0.3) is 5.91 Å². The van der Waals surface area contributed by atoms with Crippen molar-refractivity contribution in [2.24, 2.45) is 11.3 Å². The fourth-order valence-electron chi connectivity index (χ4n) is 4.66. The molecule has 1 aromatic rings. The van der Waals surface area contributed by atoms with Crippen LogP contribution < -0.4 is 10.6 Å². The molecule has 0 radical (unpaired) electrons. The highest BCUT2D eigenvalue weighted by Gasteiger charge is 2.56. The number of hydrogen-bond donors (Lipinski definition) is 2. The van der Waals surface area contributed by atoms with Gasteiger partial charge in [-0.1, -0.05) is 50.8 Å². The zero-order valence-corrected chi connectivity index (χ0v) is 16.7. The summed E-state index contributed by atoms with van der Waals surface area (Å²) in [6, 6.07) is 8.97. The Kier molecular flexibility index (Phi) is 5.46. The zero-order chi connectivity index (χ0) is 20.4. The van der Waals surface area contributed by atoms with E-state index >= 15 is 0 Å². The standard InChI is InChI=1S/C22H27N3O3/c1-16-12-21(2,3)15-22(13-16)19(27)25(20(28)24-22)14-18(26)23-11-7-10-17-8-5-4-6-9-17/h4-6,8-9,16H,11-15H2,1-3H3,(H,23,26)(H,24,28)/t16-,22+/m1/s1. The fourth-order valence-corrected chi connectivity index (χ4v) is 4.66. The van der Waals surface area contributed by atoms with Crippen molar-refractivity contribution < 1.29 is 14.4 Å². The molecule has 6 heteroatoms. The molecule has 0 unspecified atom stereocenters. The van der Waals surface area contributed by atoms with Crippen LogP contribution in [0.4, 0.5) is 4.79 Å². The summed E-state index contributed by atoms with van der Waals surface area (Å²) in [5.74, 6) is 5.46. The molecule has 0 aromatic heterocycles. The average molecular weight is 381 g/mol. The van der Waals surface area contributed by atoms with Gasteiger partial charge in [-0.25, -0.2) is 4.79 Å². The van der Waals surface area contributed by atoms with Crippen LogP contribution in [0.3, 0.4) is 0 Å². The fraction of sp³-hybridized carbons (Fsp3) is 0.500. The third-order valence-electron chi connectivity index (χ3n) is 5.31. The monoisotopic (exact) mass is 381 g/mol. The SMILES string of the molecule is C[C@@H]1CC(C)(C)C[C@]2(C1)NC(=O)N(CC(=O)NCC#Cc1ccccc1)C2=O. The van der Waals surface area contributed by atoms with Crippen molar-refractivity contribution in [2.75, 3.05) is 13.1 Å². The maximum Gasteiger partial charge on any atom is 0.325 e. The van der Waals surface area contributed by atoms with Crippen LogP contribution in [0.15, 0.2) is 30.3 Å². The molecule has 6 nitrogen and oxygen atoms in total. The summed E-state index contributed by atoms with van der Waals surface area (Å²) in [4.78, 5) is 38.7. The zero-order valence-electron chi connectivity index (χ0n) is 16.7. The largest absolute Gasteiger partial charge is 0.344 e. The molecule has 1 aromatic carbocycles. The molecule has 1 spiro atoms. The normalized spacial score (nSPS) is 25.8. The first-order valence-electron chi connectivity index (χ1n) is 9.66. The van der Waals surface area contributed by atoms with Crippen molar-refractivity contribution in [3.8, 4) is 11.8 Å². The Labute approximate surface area is 166 Å². The van der Waals surface area contributed by atoms with Crippen molar-refractivity contribution in [3.63, 3.8) is 0 Å². The van der Waals surface area contributed by atoms with Crippen LogP contribution in [0, 0.1) is 23.2 Å². The highest BCUT2D eigenvalue weighted by atomic mass is 16.2. The Morgan fingerprint density at radius 1 is 1.25 bits per heavy atom. The van der Waals surface area contributed by atoms with Gasteiger partial charge < -0.3 is 10.6 Å². The van der Waals surface area contributed by atoms with E-state index in [9.17, 15) is 14.4 Å². The van der Waals surface area contributed by atoms with Crippen LogP contribution in [-0.4, -0.2) is 41.4 Å². The second-order valence-corrected chi connectivity index (χ2v) is 8.70. The van der Waals surface area contributed by atoms with E-state index in [0.717, 1.165) is 16.9 Å². The van der Waals surface area contributed by atoms with Crippen molar-refractivity contribution in [1.82, 2.24) is 15.5 Å². The third kappa shape index (κ3) is 4.36. The quantitative estimate of drug-likeness (QED) is 0.623. The molecule has 1 saturated heterocycles. The van der Waals surface area contributed by atoms with Gasteiger partial charge in [-0.15, -0.1) is 0 Å². The Bertz CT molecular complexity index is 838. The predicted octanol–water partition coefficient (Wildman–Crippen LogP) is 2.29. The lowest BCUT2D eigenvalue weighted by atomic mass is 9.64. The van der Waals surface area contributed by atoms with Gasteiger partial charge in [0.2, 0.25) is 5.91 Å². The number of amides is 4. The van der Waals surface area contributed by atoms with Gasteiger partial charge in [-0.3, -0.25) is 14.5 Å². The van der Waals surface area contributed by atoms with E-state index in [4.69, 9.17) is 0 Å². The molecule has 3 rings (SSSR count). The minimum atomic E-state index is -0.883. The third-order valence-corrected chi connectivity index (χ3v) is 5.31. The number of nitrogens with zero attached hydrogens (tertiary/aromatic N) is 1. The molecular weight excluding hydrogens is 354 g/mol. The van der Waals surface area contributed by atoms with Crippen LogP contribution in [-0.2, 0) is 9.59 Å². The van der Waals surface area contributed by atoms with Crippen LogP contribution in [0.5, 0.6) is 0 Å². The summed E-state index contributed by atoms with van der Waals surface area (Å²) >= 11 is 0. The molecule has 2 N–H and O–H groups in total. The highest BCUT2D eigenvalue weighted by molar-refractivity contribution is 6.09. The molecule has 1 aliphatic carbocycles. The summed E-state index contributed by atoms with van der Waals surface area (Å²) in [5, 5.41) is 5.53. The number of nitrogens with one attached hydrogen (secondary N) is 2. The van der Waals surface area contributed by atoms with Gasteiger partial charge in [-0.05, 0) is 42.7 Å². The number of carbonyl (C=O) groups is 3. The molecular formula is C22H27N3O3. The average Bonchev–Trinajstić information content (AvgIpc) is 2.81. The second-order valence-electron chi connectivity index (χ2n) is 8.70. The molecule has 2 atom stereocenters. The first kappa shape index (κ1) is 19.9. The number of rotatable bonds is 3. The molecule has 1 saturated carbocycles. The molecule has 148 valence electrons. The summed E-state index contributed by atoms with van der Waals surface area (Å²) < 4.78 is 0. The van der Waals surface area contributed by atoms with E-state index in [0.29, 0.717) is 18.8 Å². The number of benzene rings is 1. The lowest BCUT2D eigenvalue weighted by molar-refractivity contribution is -0.137. The van der Waals surface area contributed by atoms with Crippen molar-refractivity contribution in [3.05, 3.63) is 35.9 Å². The summed E-state index contributed by atoms with van der Waals surface area (Å²) in [5.41, 5.74) is -0.0563. The summed E-state index contributed by atoms with van der Waals surface area (Å²) in [6.45, 7) is 6.21. The van der Waals surface area contributed by atoms with Crippen molar-refractivity contribution in [2.45, 2.75) is 45.6 Å². The maximum atomic E-state index is 13.0. The van der Waals surface area contributed by atoms with Crippen LogP contribution in [0.2, 0.25) is 0 Å².